The van der Waals surface area contributed by atoms with E-state index in [2.05, 4.69) is 26.9 Å². The lowest BCUT2D eigenvalue weighted by Gasteiger charge is -2.35. The normalized spacial score (nSPS) is 32.8. The minimum absolute atomic E-state index is 0.806. The van der Waals surface area contributed by atoms with Crippen molar-refractivity contribution in [2.45, 2.75) is 18.9 Å². The SMILES string of the molecule is C1CN(CCN2CCSCC2)CC(C2CC2)N1. The van der Waals surface area contributed by atoms with Gasteiger partial charge in [0, 0.05) is 63.4 Å². The third-order valence-corrected chi connectivity index (χ3v) is 5.26. The minimum atomic E-state index is 0.806. The number of nitrogens with zero attached hydrogens (tertiary/aromatic N) is 2. The molecule has 0 aromatic carbocycles. The molecule has 1 unspecified atom stereocenters. The molecule has 1 atom stereocenters. The van der Waals surface area contributed by atoms with Crippen LogP contribution in [-0.2, 0) is 0 Å². The van der Waals surface area contributed by atoms with E-state index >= 15 is 0 Å². The van der Waals surface area contributed by atoms with E-state index in [9.17, 15) is 0 Å². The zero-order chi connectivity index (χ0) is 11.5. The summed E-state index contributed by atoms with van der Waals surface area (Å²) in [6.45, 7) is 8.95. The first-order valence-corrected chi connectivity index (χ1v) is 8.33. The van der Waals surface area contributed by atoms with E-state index in [4.69, 9.17) is 0 Å². The molecule has 3 fully saturated rings. The van der Waals surface area contributed by atoms with Crippen LogP contribution < -0.4 is 5.32 Å². The Balaban J connectivity index is 1.38. The summed E-state index contributed by atoms with van der Waals surface area (Å²) in [5, 5.41) is 3.69. The predicted octanol–water partition coefficient (Wildman–Crippen LogP) is 0.719. The van der Waals surface area contributed by atoms with Crippen molar-refractivity contribution in [2.75, 3.05) is 57.3 Å². The predicted molar refractivity (Wildman–Crippen MR) is 74.7 cm³/mol. The van der Waals surface area contributed by atoms with Crippen LogP contribution in [0.2, 0.25) is 0 Å². The van der Waals surface area contributed by atoms with Crippen LogP contribution in [0.3, 0.4) is 0 Å². The van der Waals surface area contributed by atoms with Gasteiger partial charge in [-0.2, -0.15) is 11.8 Å². The molecule has 1 aliphatic carbocycles. The highest BCUT2D eigenvalue weighted by molar-refractivity contribution is 7.99. The van der Waals surface area contributed by atoms with Crippen molar-refractivity contribution < 1.29 is 0 Å². The monoisotopic (exact) mass is 255 g/mol. The van der Waals surface area contributed by atoms with Crippen LogP contribution in [-0.4, -0.2) is 73.2 Å². The van der Waals surface area contributed by atoms with E-state index in [0.717, 1.165) is 12.0 Å². The Labute approximate surface area is 109 Å². The molecule has 3 aliphatic rings. The standard InChI is InChI=1S/C13H25N3S/c1-2-12(1)13-11-16(4-3-14-13)6-5-15-7-9-17-10-8-15/h12-14H,1-11H2. The van der Waals surface area contributed by atoms with E-state index in [1.807, 2.05) is 0 Å². The Bertz CT molecular complexity index is 239. The summed E-state index contributed by atoms with van der Waals surface area (Å²) >= 11 is 2.11. The molecule has 0 spiro atoms. The molecule has 2 saturated heterocycles. The van der Waals surface area contributed by atoms with Gasteiger partial charge in [-0.3, -0.25) is 4.90 Å². The molecule has 4 heteroatoms. The number of hydrogen-bond acceptors (Lipinski definition) is 4. The molecule has 3 rings (SSSR count). The highest BCUT2D eigenvalue weighted by atomic mass is 32.2. The molecule has 2 heterocycles. The molecular weight excluding hydrogens is 230 g/mol. The van der Waals surface area contributed by atoms with Crippen molar-refractivity contribution in [3.05, 3.63) is 0 Å². The average molecular weight is 255 g/mol. The number of thioether (sulfide) groups is 1. The van der Waals surface area contributed by atoms with Gasteiger partial charge in [0.25, 0.3) is 0 Å². The first-order chi connectivity index (χ1) is 8.42. The molecule has 17 heavy (non-hydrogen) atoms. The van der Waals surface area contributed by atoms with E-state index in [-0.39, 0.29) is 0 Å². The van der Waals surface area contributed by atoms with Gasteiger partial charge in [0.05, 0.1) is 0 Å². The average Bonchev–Trinajstić information content (AvgIpc) is 3.22. The van der Waals surface area contributed by atoms with Crippen molar-refractivity contribution in [3.8, 4) is 0 Å². The van der Waals surface area contributed by atoms with Crippen LogP contribution in [0.25, 0.3) is 0 Å². The maximum Gasteiger partial charge on any atom is 0.0223 e. The van der Waals surface area contributed by atoms with Crippen LogP contribution >= 0.6 is 11.8 Å². The van der Waals surface area contributed by atoms with Crippen LogP contribution in [0.1, 0.15) is 12.8 Å². The second-order valence-electron chi connectivity index (χ2n) is 5.65. The number of piperazine rings is 1. The first-order valence-electron chi connectivity index (χ1n) is 7.18. The lowest BCUT2D eigenvalue weighted by molar-refractivity contribution is 0.163. The third kappa shape index (κ3) is 3.60. The Kier molecular flexibility index (Phi) is 4.27. The van der Waals surface area contributed by atoms with Crippen molar-refractivity contribution in [1.82, 2.24) is 15.1 Å². The van der Waals surface area contributed by atoms with Crippen LogP contribution in [0.4, 0.5) is 0 Å². The van der Waals surface area contributed by atoms with Gasteiger partial charge in [0.1, 0.15) is 0 Å². The fraction of sp³-hybridized carbons (Fsp3) is 1.00. The van der Waals surface area contributed by atoms with Gasteiger partial charge < -0.3 is 10.2 Å². The summed E-state index contributed by atoms with van der Waals surface area (Å²) in [5.41, 5.74) is 0. The lowest BCUT2D eigenvalue weighted by atomic mass is 10.1. The molecular formula is C13H25N3S. The van der Waals surface area contributed by atoms with Gasteiger partial charge in [0.15, 0.2) is 0 Å². The largest absolute Gasteiger partial charge is 0.311 e. The fourth-order valence-electron chi connectivity index (χ4n) is 2.97. The van der Waals surface area contributed by atoms with Crippen LogP contribution in [0, 0.1) is 5.92 Å². The van der Waals surface area contributed by atoms with Gasteiger partial charge in [-0.05, 0) is 18.8 Å². The van der Waals surface area contributed by atoms with E-state index in [1.54, 1.807) is 0 Å². The van der Waals surface area contributed by atoms with E-state index in [1.165, 1.54) is 70.2 Å². The van der Waals surface area contributed by atoms with Crippen molar-refractivity contribution in [1.29, 1.82) is 0 Å². The zero-order valence-corrected chi connectivity index (χ0v) is 11.6. The molecule has 1 saturated carbocycles. The molecule has 0 radical (unpaired) electrons. The molecule has 3 nitrogen and oxygen atoms in total. The highest BCUT2D eigenvalue weighted by Crippen LogP contribution is 2.33. The number of hydrogen-bond donors (Lipinski definition) is 1. The highest BCUT2D eigenvalue weighted by Gasteiger charge is 2.33. The molecule has 1 N–H and O–H groups in total. The Morgan fingerprint density at radius 2 is 1.76 bits per heavy atom. The summed E-state index contributed by atoms with van der Waals surface area (Å²) in [7, 11) is 0. The van der Waals surface area contributed by atoms with E-state index in [0.29, 0.717) is 0 Å². The quantitative estimate of drug-likeness (QED) is 0.797. The van der Waals surface area contributed by atoms with Crippen LogP contribution in [0.15, 0.2) is 0 Å². The topological polar surface area (TPSA) is 18.5 Å². The third-order valence-electron chi connectivity index (χ3n) is 4.32. The molecule has 0 amide bonds. The van der Waals surface area contributed by atoms with Gasteiger partial charge in [-0.1, -0.05) is 0 Å². The summed E-state index contributed by atoms with van der Waals surface area (Å²) in [6.07, 6.45) is 2.93. The van der Waals surface area contributed by atoms with Gasteiger partial charge in [0.2, 0.25) is 0 Å². The molecule has 0 aromatic heterocycles. The van der Waals surface area contributed by atoms with Gasteiger partial charge >= 0.3 is 0 Å². The summed E-state index contributed by atoms with van der Waals surface area (Å²) in [6, 6.07) is 0.806. The molecule has 0 bridgehead atoms. The minimum Gasteiger partial charge on any atom is -0.311 e. The molecule has 98 valence electrons. The number of nitrogens with one attached hydrogen (secondary N) is 1. The molecule has 0 aromatic rings. The maximum absolute atomic E-state index is 3.69. The summed E-state index contributed by atoms with van der Waals surface area (Å²) in [5.74, 6) is 3.68. The second-order valence-corrected chi connectivity index (χ2v) is 6.88. The van der Waals surface area contributed by atoms with E-state index < -0.39 is 0 Å². The maximum atomic E-state index is 3.69. The second kappa shape index (κ2) is 5.91. The van der Waals surface area contributed by atoms with Crippen molar-refractivity contribution in [2.24, 2.45) is 5.92 Å². The smallest absolute Gasteiger partial charge is 0.0223 e. The van der Waals surface area contributed by atoms with Crippen LogP contribution in [0.5, 0.6) is 0 Å². The number of rotatable bonds is 4. The Morgan fingerprint density at radius 3 is 2.53 bits per heavy atom. The van der Waals surface area contributed by atoms with Crippen molar-refractivity contribution >= 4 is 11.8 Å². The molecule has 2 aliphatic heterocycles. The van der Waals surface area contributed by atoms with Gasteiger partial charge in [-0.25, -0.2) is 0 Å². The summed E-state index contributed by atoms with van der Waals surface area (Å²) < 4.78 is 0. The Hall–Kier alpha value is 0.230. The lowest BCUT2D eigenvalue weighted by Crippen LogP contribution is -2.53. The van der Waals surface area contributed by atoms with Gasteiger partial charge in [-0.15, -0.1) is 0 Å². The fourth-order valence-corrected chi connectivity index (χ4v) is 3.95. The zero-order valence-electron chi connectivity index (χ0n) is 10.7. The van der Waals surface area contributed by atoms with Crippen molar-refractivity contribution in [3.63, 3.8) is 0 Å². The first kappa shape index (κ1) is 12.3. The summed E-state index contributed by atoms with van der Waals surface area (Å²) in [4.78, 5) is 5.33. The Morgan fingerprint density at radius 1 is 1.00 bits per heavy atom.